The van der Waals surface area contributed by atoms with Crippen molar-refractivity contribution in [3.63, 3.8) is 0 Å². The normalized spacial score (nSPS) is 11.8. The Hall–Kier alpha value is -1.34. The summed E-state index contributed by atoms with van der Waals surface area (Å²) in [5, 5.41) is 11.2. The molecule has 4 heteroatoms. The summed E-state index contributed by atoms with van der Waals surface area (Å²) >= 11 is 1.46. The quantitative estimate of drug-likeness (QED) is 0.825. The maximum atomic E-state index is 11.5. The summed E-state index contributed by atoms with van der Waals surface area (Å²) in [6.07, 6.45) is 0. The van der Waals surface area contributed by atoms with Crippen LogP contribution in [0.1, 0.15) is 21.5 Å². The third-order valence-electron chi connectivity index (χ3n) is 1.75. The van der Waals surface area contributed by atoms with E-state index in [1.165, 1.54) is 11.3 Å². The fourth-order valence-electron chi connectivity index (χ4n) is 0.935. The molecule has 1 heterocycles. The van der Waals surface area contributed by atoms with Gasteiger partial charge in [0.05, 0.1) is 16.9 Å². The van der Waals surface area contributed by atoms with Crippen LogP contribution in [0.3, 0.4) is 0 Å². The Balaban J connectivity index is 2.48. The van der Waals surface area contributed by atoms with Gasteiger partial charge in [0.2, 0.25) is 0 Å². The van der Waals surface area contributed by atoms with Crippen molar-refractivity contribution in [2.45, 2.75) is 13.8 Å². The molecule has 3 nitrogen and oxygen atoms in total. The fourth-order valence-corrected chi connectivity index (χ4v) is 1.72. The van der Waals surface area contributed by atoms with Crippen molar-refractivity contribution < 1.29 is 4.79 Å². The van der Waals surface area contributed by atoms with E-state index in [0.717, 1.165) is 4.88 Å². The summed E-state index contributed by atoms with van der Waals surface area (Å²) in [6, 6.07) is 5.77. The molecule has 1 rings (SSSR count). The molecule has 1 amide bonds. The maximum absolute atomic E-state index is 11.5. The van der Waals surface area contributed by atoms with Gasteiger partial charge in [0.25, 0.3) is 5.91 Å². The first-order valence-corrected chi connectivity index (χ1v) is 5.19. The first kappa shape index (κ1) is 10.7. The van der Waals surface area contributed by atoms with Crippen LogP contribution in [-0.4, -0.2) is 12.5 Å². The Morgan fingerprint density at radius 3 is 2.93 bits per heavy atom. The second-order valence-corrected chi connectivity index (χ2v) is 4.44. The molecule has 14 heavy (non-hydrogen) atoms. The molecule has 0 fully saturated rings. The number of hydrogen-bond donors (Lipinski definition) is 1. The van der Waals surface area contributed by atoms with Gasteiger partial charge in [-0.15, -0.1) is 11.3 Å². The molecular formula is C10H12N2OS. The highest BCUT2D eigenvalue weighted by Crippen LogP contribution is 2.14. The highest BCUT2D eigenvalue weighted by molar-refractivity contribution is 7.13. The summed E-state index contributed by atoms with van der Waals surface area (Å²) in [4.78, 5) is 13.3. The lowest BCUT2D eigenvalue weighted by atomic mass is 10.2. The largest absolute Gasteiger partial charge is 0.350 e. The zero-order chi connectivity index (χ0) is 10.6. The Morgan fingerprint density at radius 1 is 1.71 bits per heavy atom. The molecule has 0 aliphatic carbocycles. The van der Waals surface area contributed by atoms with Gasteiger partial charge in [0.1, 0.15) is 0 Å². The lowest BCUT2D eigenvalue weighted by Gasteiger charge is -2.03. The molecule has 0 aliphatic heterocycles. The number of nitrogens with zero attached hydrogens (tertiary/aromatic N) is 1. The predicted molar refractivity (Wildman–Crippen MR) is 56.2 cm³/mol. The number of carbonyl (C=O) groups is 1. The highest BCUT2D eigenvalue weighted by atomic mass is 32.1. The van der Waals surface area contributed by atoms with Crippen LogP contribution < -0.4 is 5.32 Å². The summed E-state index contributed by atoms with van der Waals surface area (Å²) < 4.78 is 0. The van der Waals surface area contributed by atoms with E-state index in [2.05, 4.69) is 11.4 Å². The van der Waals surface area contributed by atoms with Crippen molar-refractivity contribution in [3.8, 4) is 6.07 Å². The molecule has 0 saturated carbocycles. The molecule has 0 aliphatic rings. The number of nitrogens with one attached hydrogen (secondary N) is 1. The number of aryl methyl sites for hydroxylation is 1. The molecule has 0 saturated heterocycles. The standard InChI is InChI=1S/C10H12N2OS/c1-7(5-11)6-12-10(13)9-4-3-8(2)14-9/h3-4,7H,6H2,1-2H3,(H,12,13). The van der Waals surface area contributed by atoms with Crippen LogP contribution in [0, 0.1) is 24.2 Å². The fraction of sp³-hybridized carbons (Fsp3) is 0.400. The van der Waals surface area contributed by atoms with E-state index >= 15 is 0 Å². The Bertz CT molecular complexity index is 364. The summed E-state index contributed by atoms with van der Waals surface area (Å²) in [7, 11) is 0. The van der Waals surface area contributed by atoms with E-state index in [1.807, 2.05) is 13.0 Å². The molecule has 1 aromatic heterocycles. The van der Waals surface area contributed by atoms with Gasteiger partial charge >= 0.3 is 0 Å². The SMILES string of the molecule is Cc1ccc(C(=O)NCC(C)C#N)s1. The lowest BCUT2D eigenvalue weighted by molar-refractivity contribution is 0.0955. The van der Waals surface area contributed by atoms with E-state index in [9.17, 15) is 4.79 Å². The Kier molecular flexibility index (Phi) is 3.66. The molecule has 1 atom stereocenters. The Labute approximate surface area is 87.4 Å². The van der Waals surface area contributed by atoms with Crippen LogP contribution in [0.25, 0.3) is 0 Å². The molecule has 0 spiro atoms. The third-order valence-corrected chi connectivity index (χ3v) is 2.75. The van der Waals surface area contributed by atoms with E-state index < -0.39 is 0 Å². The second-order valence-electron chi connectivity index (χ2n) is 3.15. The van der Waals surface area contributed by atoms with Gasteiger partial charge in [-0.05, 0) is 26.0 Å². The van der Waals surface area contributed by atoms with Crippen LogP contribution in [0.15, 0.2) is 12.1 Å². The summed E-state index contributed by atoms with van der Waals surface area (Å²) in [5.74, 6) is -0.231. The van der Waals surface area contributed by atoms with E-state index in [-0.39, 0.29) is 11.8 Å². The minimum absolute atomic E-state index is 0.0924. The number of thiophene rings is 1. The van der Waals surface area contributed by atoms with Gasteiger partial charge in [0, 0.05) is 11.4 Å². The molecule has 74 valence electrons. The van der Waals surface area contributed by atoms with Crippen molar-refractivity contribution >= 4 is 17.2 Å². The van der Waals surface area contributed by atoms with Crippen molar-refractivity contribution in [3.05, 3.63) is 21.9 Å². The minimum Gasteiger partial charge on any atom is -0.350 e. The van der Waals surface area contributed by atoms with Gasteiger partial charge in [-0.2, -0.15) is 5.26 Å². The average molecular weight is 208 g/mol. The van der Waals surface area contributed by atoms with E-state index in [4.69, 9.17) is 5.26 Å². The average Bonchev–Trinajstić information content (AvgIpc) is 2.60. The third kappa shape index (κ3) is 2.86. The predicted octanol–water partition coefficient (Wildman–Crippen LogP) is 1.95. The molecule has 1 unspecified atom stereocenters. The first-order valence-electron chi connectivity index (χ1n) is 4.37. The molecule has 1 aromatic rings. The van der Waals surface area contributed by atoms with Crippen LogP contribution in [0.4, 0.5) is 0 Å². The zero-order valence-electron chi connectivity index (χ0n) is 8.20. The van der Waals surface area contributed by atoms with Gasteiger partial charge in [-0.3, -0.25) is 4.79 Å². The van der Waals surface area contributed by atoms with Crippen molar-refractivity contribution in [2.75, 3.05) is 6.54 Å². The number of rotatable bonds is 3. The monoisotopic (exact) mass is 208 g/mol. The molecule has 0 radical (unpaired) electrons. The first-order chi connectivity index (χ1) is 6.63. The van der Waals surface area contributed by atoms with Crippen LogP contribution in [0.2, 0.25) is 0 Å². The van der Waals surface area contributed by atoms with E-state index in [0.29, 0.717) is 11.4 Å². The summed E-state index contributed by atoms with van der Waals surface area (Å²) in [6.45, 7) is 4.14. The van der Waals surface area contributed by atoms with Crippen molar-refractivity contribution in [1.29, 1.82) is 5.26 Å². The molecule has 0 bridgehead atoms. The van der Waals surface area contributed by atoms with Crippen LogP contribution in [0.5, 0.6) is 0 Å². The zero-order valence-corrected chi connectivity index (χ0v) is 9.02. The van der Waals surface area contributed by atoms with Gasteiger partial charge in [-0.25, -0.2) is 0 Å². The van der Waals surface area contributed by atoms with Crippen LogP contribution in [-0.2, 0) is 0 Å². The molecule has 0 aromatic carbocycles. The highest BCUT2D eigenvalue weighted by Gasteiger charge is 2.08. The van der Waals surface area contributed by atoms with E-state index in [1.54, 1.807) is 13.0 Å². The second kappa shape index (κ2) is 4.77. The smallest absolute Gasteiger partial charge is 0.261 e. The van der Waals surface area contributed by atoms with Gasteiger partial charge < -0.3 is 5.32 Å². The summed E-state index contributed by atoms with van der Waals surface area (Å²) in [5.41, 5.74) is 0. The maximum Gasteiger partial charge on any atom is 0.261 e. The van der Waals surface area contributed by atoms with Gasteiger partial charge in [-0.1, -0.05) is 0 Å². The minimum atomic E-state index is -0.139. The lowest BCUT2D eigenvalue weighted by Crippen LogP contribution is -2.26. The molecule has 1 N–H and O–H groups in total. The van der Waals surface area contributed by atoms with Crippen molar-refractivity contribution in [2.24, 2.45) is 5.92 Å². The number of hydrogen-bond acceptors (Lipinski definition) is 3. The molecular weight excluding hydrogens is 196 g/mol. The number of amides is 1. The van der Waals surface area contributed by atoms with Crippen LogP contribution >= 0.6 is 11.3 Å². The number of carbonyl (C=O) groups excluding carboxylic acids is 1. The van der Waals surface area contributed by atoms with Gasteiger partial charge in [0.15, 0.2) is 0 Å². The number of nitriles is 1. The Morgan fingerprint density at radius 2 is 2.43 bits per heavy atom. The van der Waals surface area contributed by atoms with Crippen molar-refractivity contribution in [1.82, 2.24) is 5.32 Å². The topological polar surface area (TPSA) is 52.9 Å².